The first kappa shape index (κ1) is 16.3. The molecule has 1 aliphatic carbocycles. The zero-order valence-corrected chi connectivity index (χ0v) is 12.7. The Bertz CT molecular complexity index is 537. The molecule has 0 heterocycles. The lowest BCUT2D eigenvalue weighted by Gasteiger charge is -2.21. The van der Waals surface area contributed by atoms with E-state index < -0.39 is 10.9 Å². The number of carbonyl (C=O) groups excluding carboxylic acids is 1. The van der Waals surface area contributed by atoms with Crippen molar-refractivity contribution < 1.29 is 19.2 Å². The molecular weight excluding hydrogens is 286 g/mol. The van der Waals surface area contributed by atoms with E-state index >= 15 is 0 Å². The summed E-state index contributed by atoms with van der Waals surface area (Å²) < 4.78 is 10.5. The summed E-state index contributed by atoms with van der Waals surface area (Å²) in [5.41, 5.74) is -0.0278. The molecule has 0 unspecified atom stereocenters. The van der Waals surface area contributed by atoms with E-state index in [1.54, 1.807) is 6.92 Å². The van der Waals surface area contributed by atoms with E-state index in [4.69, 9.17) is 9.47 Å². The monoisotopic (exact) mass is 307 g/mol. The van der Waals surface area contributed by atoms with Crippen LogP contribution in [0.2, 0.25) is 0 Å². The molecule has 0 saturated heterocycles. The summed E-state index contributed by atoms with van der Waals surface area (Å²) in [6.45, 7) is 2.40. The summed E-state index contributed by atoms with van der Waals surface area (Å²) >= 11 is 0. The van der Waals surface area contributed by atoms with E-state index in [-0.39, 0.29) is 23.6 Å². The number of nitro benzene ring substituents is 1. The first-order valence-corrected chi connectivity index (χ1v) is 7.70. The zero-order chi connectivity index (χ0) is 15.9. The Morgan fingerprint density at radius 3 is 2.68 bits per heavy atom. The maximum absolute atomic E-state index is 11.7. The highest BCUT2D eigenvalue weighted by Gasteiger charge is 2.21. The highest BCUT2D eigenvalue weighted by atomic mass is 16.6. The van der Waals surface area contributed by atoms with Crippen molar-refractivity contribution in [3.05, 3.63) is 33.9 Å². The van der Waals surface area contributed by atoms with Gasteiger partial charge >= 0.3 is 11.7 Å². The number of nitrogens with zero attached hydrogens (tertiary/aromatic N) is 1. The Hall–Kier alpha value is -2.11. The van der Waals surface area contributed by atoms with Gasteiger partial charge in [-0.3, -0.25) is 10.1 Å². The van der Waals surface area contributed by atoms with Crippen molar-refractivity contribution >= 4 is 11.7 Å². The summed E-state index contributed by atoms with van der Waals surface area (Å²) in [4.78, 5) is 22.3. The van der Waals surface area contributed by atoms with Gasteiger partial charge in [0.25, 0.3) is 0 Å². The molecule has 0 aromatic heterocycles. The largest absolute Gasteiger partial charge is 0.487 e. The molecule has 1 aromatic rings. The second kappa shape index (κ2) is 7.77. The third-order valence-corrected chi connectivity index (χ3v) is 3.87. The molecule has 0 bridgehead atoms. The van der Waals surface area contributed by atoms with Crippen LogP contribution in [-0.4, -0.2) is 24.1 Å². The molecule has 0 amide bonds. The van der Waals surface area contributed by atoms with Crippen molar-refractivity contribution in [2.24, 2.45) is 5.92 Å². The minimum Gasteiger partial charge on any atom is -0.487 e. The van der Waals surface area contributed by atoms with Crippen molar-refractivity contribution in [1.82, 2.24) is 0 Å². The van der Waals surface area contributed by atoms with Crippen molar-refractivity contribution in [2.75, 3.05) is 13.2 Å². The Balaban J connectivity index is 2.09. The van der Waals surface area contributed by atoms with E-state index in [0.29, 0.717) is 12.5 Å². The maximum atomic E-state index is 11.7. The van der Waals surface area contributed by atoms with Crippen LogP contribution in [0, 0.1) is 16.0 Å². The maximum Gasteiger partial charge on any atom is 0.338 e. The van der Waals surface area contributed by atoms with E-state index in [9.17, 15) is 14.9 Å². The van der Waals surface area contributed by atoms with E-state index in [0.717, 1.165) is 12.8 Å². The van der Waals surface area contributed by atoms with Gasteiger partial charge in [0.1, 0.15) is 0 Å². The molecule has 0 spiro atoms. The van der Waals surface area contributed by atoms with Crippen LogP contribution in [0.25, 0.3) is 0 Å². The summed E-state index contributed by atoms with van der Waals surface area (Å²) in [5.74, 6) is 0.103. The summed E-state index contributed by atoms with van der Waals surface area (Å²) in [6.07, 6.45) is 5.85. The first-order valence-electron chi connectivity index (χ1n) is 7.70. The molecule has 0 radical (unpaired) electrons. The van der Waals surface area contributed by atoms with Gasteiger partial charge in [-0.25, -0.2) is 4.79 Å². The lowest BCUT2D eigenvalue weighted by Crippen LogP contribution is -2.16. The van der Waals surface area contributed by atoms with Crippen LogP contribution in [0.15, 0.2) is 18.2 Å². The van der Waals surface area contributed by atoms with E-state index in [2.05, 4.69) is 0 Å². The van der Waals surface area contributed by atoms with Crippen LogP contribution in [0.5, 0.6) is 5.75 Å². The van der Waals surface area contributed by atoms with E-state index in [1.165, 1.54) is 37.5 Å². The number of carbonyl (C=O) groups is 1. The first-order chi connectivity index (χ1) is 10.6. The predicted octanol–water partition coefficient (Wildman–Crippen LogP) is 3.73. The second-order valence-electron chi connectivity index (χ2n) is 5.48. The standard InChI is InChI=1S/C16H21NO5/c1-2-21-16(18)13-8-9-15(14(10-13)17(19)20)22-11-12-6-4-3-5-7-12/h8-10,12H,2-7,11H2,1H3. The number of benzene rings is 1. The second-order valence-corrected chi connectivity index (χ2v) is 5.48. The van der Waals surface area contributed by atoms with Crippen LogP contribution in [0.4, 0.5) is 5.69 Å². The molecule has 1 fully saturated rings. The lowest BCUT2D eigenvalue weighted by molar-refractivity contribution is -0.385. The number of nitro groups is 1. The van der Waals surface area contributed by atoms with Gasteiger partial charge in [-0.1, -0.05) is 19.3 Å². The molecule has 22 heavy (non-hydrogen) atoms. The molecule has 1 aliphatic rings. The van der Waals surface area contributed by atoms with Crippen LogP contribution in [-0.2, 0) is 4.74 Å². The molecule has 0 aliphatic heterocycles. The van der Waals surface area contributed by atoms with E-state index in [1.807, 2.05) is 0 Å². The number of rotatable bonds is 6. The van der Waals surface area contributed by atoms with Gasteiger partial charge in [0, 0.05) is 6.07 Å². The Morgan fingerprint density at radius 1 is 1.32 bits per heavy atom. The fourth-order valence-corrected chi connectivity index (χ4v) is 2.68. The van der Waals surface area contributed by atoms with Crippen LogP contribution in [0.1, 0.15) is 49.4 Å². The quantitative estimate of drug-likeness (QED) is 0.454. The van der Waals surface area contributed by atoms with Crippen molar-refractivity contribution in [3.63, 3.8) is 0 Å². The molecule has 2 rings (SSSR count). The number of ether oxygens (including phenoxy) is 2. The third kappa shape index (κ3) is 4.19. The number of hydrogen-bond acceptors (Lipinski definition) is 5. The van der Waals surface area contributed by atoms with Gasteiger partial charge in [0.05, 0.1) is 23.7 Å². The predicted molar refractivity (Wildman–Crippen MR) is 81.1 cm³/mol. The van der Waals surface area contributed by atoms with Gasteiger partial charge in [-0.05, 0) is 37.8 Å². The van der Waals surface area contributed by atoms with Gasteiger partial charge in [0.2, 0.25) is 0 Å². The minimum atomic E-state index is -0.565. The average Bonchev–Trinajstić information content (AvgIpc) is 2.54. The molecule has 6 nitrogen and oxygen atoms in total. The summed E-state index contributed by atoms with van der Waals surface area (Å²) in [6, 6.07) is 4.20. The van der Waals surface area contributed by atoms with Crippen molar-refractivity contribution in [2.45, 2.75) is 39.0 Å². The normalized spacial score (nSPS) is 15.3. The topological polar surface area (TPSA) is 78.7 Å². The smallest absolute Gasteiger partial charge is 0.338 e. The SMILES string of the molecule is CCOC(=O)c1ccc(OCC2CCCCC2)c([N+](=O)[O-])c1. The van der Waals surface area contributed by atoms with Gasteiger partial charge in [0.15, 0.2) is 5.75 Å². The molecule has 1 saturated carbocycles. The van der Waals surface area contributed by atoms with Gasteiger partial charge in [-0.2, -0.15) is 0 Å². The van der Waals surface area contributed by atoms with Crippen molar-refractivity contribution in [3.8, 4) is 5.75 Å². The molecule has 0 N–H and O–H groups in total. The molecule has 1 aromatic carbocycles. The van der Waals surface area contributed by atoms with Crippen LogP contribution in [0.3, 0.4) is 0 Å². The molecule has 120 valence electrons. The fraction of sp³-hybridized carbons (Fsp3) is 0.562. The molecule has 6 heteroatoms. The Kier molecular flexibility index (Phi) is 5.75. The van der Waals surface area contributed by atoms with Crippen molar-refractivity contribution in [1.29, 1.82) is 0 Å². The molecule has 0 atom stereocenters. The van der Waals surface area contributed by atoms with Crippen LogP contribution >= 0.6 is 0 Å². The summed E-state index contributed by atoms with van der Waals surface area (Å²) in [5, 5.41) is 11.2. The average molecular weight is 307 g/mol. The zero-order valence-electron chi connectivity index (χ0n) is 12.7. The Labute approximate surface area is 129 Å². The van der Waals surface area contributed by atoms with Crippen LogP contribution < -0.4 is 4.74 Å². The highest BCUT2D eigenvalue weighted by molar-refractivity contribution is 5.90. The van der Waals surface area contributed by atoms with Gasteiger partial charge < -0.3 is 9.47 Å². The summed E-state index contributed by atoms with van der Waals surface area (Å²) in [7, 11) is 0. The lowest BCUT2D eigenvalue weighted by atomic mass is 9.90. The van der Waals surface area contributed by atoms with Gasteiger partial charge in [-0.15, -0.1) is 0 Å². The minimum absolute atomic E-state index is 0.165. The molecular formula is C16H21NO5. The third-order valence-electron chi connectivity index (χ3n) is 3.87. The number of hydrogen-bond donors (Lipinski definition) is 0. The highest BCUT2D eigenvalue weighted by Crippen LogP contribution is 2.30. The Morgan fingerprint density at radius 2 is 2.05 bits per heavy atom. The number of esters is 1. The fourth-order valence-electron chi connectivity index (χ4n) is 2.68.